The van der Waals surface area contributed by atoms with E-state index in [9.17, 15) is 4.79 Å². The number of rotatable bonds is 5. The van der Waals surface area contributed by atoms with Crippen LogP contribution in [0.2, 0.25) is 0 Å². The third-order valence-electron chi connectivity index (χ3n) is 5.08. The Morgan fingerprint density at radius 3 is 2.33 bits per heavy atom. The Morgan fingerprint density at radius 2 is 1.67 bits per heavy atom. The van der Waals surface area contributed by atoms with Gasteiger partial charge in [0.05, 0.1) is 12.1 Å². The summed E-state index contributed by atoms with van der Waals surface area (Å²) >= 11 is 0. The highest BCUT2D eigenvalue weighted by Crippen LogP contribution is 2.28. The average molecular weight is 322 g/mol. The van der Waals surface area contributed by atoms with Gasteiger partial charge in [-0.05, 0) is 43.9 Å². The number of nitrogens with zero attached hydrogens (tertiary/aromatic N) is 1. The van der Waals surface area contributed by atoms with E-state index < -0.39 is 0 Å². The van der Waals surface area contributed by atoms with Gasteiger partial charge in [0.25, 0.3) is 0 Å². The number of carbonyl (C=O) groups excluding carboxylic acids is 1. The van der Waals surface area contributed by atoms with Crippen molar-refractivity contribution in [2.24, 2.45) is 0 Å². The summed E-state index contributed by atoms with van der Waals surface area (Å²) in [5.41, 5.74) is 2.52. The quantitative estimate of drug-likeness (QED) is 0.909. The maximum atomic E-state index is 12.6. The van der Waals surface area contributed by atoms with E-state index in [2.05, 4.69) is 52.7 Å². The second-order valence-electron chi connectivity index (χ2n) is 6.71. The van der Waals surface area contributed by atoms with Crippen LogP contribution in [0.3, 0.4) is 0 Å². The van der Waals surface area contributed by atoms with Crippen molar-refractivity contribution in [1.29, 1.82) is 0 Å². The monoisotopic (exact) mass is 322 g/mol. The molecule has 0 aliphatic carbocycles. The average Bonchev–Trinajstić information content (AvgIpc) is 3.12. The Labute approximate surface area is 144 Å². The molecule has 1 heterocycles. The first-order chi connectivity index (χ1) is 11.6. The molecule has 1 aliphatic rings. The summed E-state index contributed by atoms with van der Waals surface area (Å²) < 4.78 is 0. The van der Waals surface area contributed by atoms with Gasteiger partial charge < -0.3 is 5.32 Å². The third kappa shape index (κ3) is 3.85. The second kappa shape index (κ2) is 7.63. The maximum absolute atomic E-state index is 12.6. The van der Waals surface area contributed by atoms with E-state index in [0.29, 0.717) is 5.92 Å². The van der Waals surface area contributed by atoms with Gasteiger partial charge in [-0.3, -0.25) is 9.69 Å². The highest BCUT2D eigenvalue weighted by molar-refractivity contribution is 5.81. The number of hydrogen-bond donors (Lipinski definition) is 1. The number of hydrogen-bond acceptors (Lipinski definition) is 2. The molecule has 2 aromatic carbocycles. The van der Waals surface area contributed by atoms with Crippen molar-refractivity contribution in [2.75, 3.05) is 13.1 Å². The van der Waals surface area contributed by atoms with Crippen LogP contribution in [-0.4, -0.2) is 29.9 Å². The van der Waals surface area contributed by atoms with E-state index in [1.807, 2.05) is 32.0 Å². The van der Waals surface area contributed by atoms with Gasteiger partial charge in [-0.2, -0.15) is 0 Å². The minimum absolute atomic E-state index is 0.0358. The molecule has 1 saturated heterocycles. The van der Waals surface area contributed by atoms with Gasteiger partial charge in [-0.15, -0.1) is 0 Å². The fraction of sp³-hybridized carbons (Fsp3) is 0.381. The van der Waals surface area contributed by atoms with Gasteiger partial charge in [-0.25, -0.2) is 0 Å². The maximum Gasteiger partial charge on any atom is 0.237 e. The van der Waals surface area contributed by atoms with Crippen LogP contribution in [-0.2, 0) is 4.79 Å². The van der Waals surface area contributed by atoms with Crippen LogP contribution in [0.25, 0.3) is 0 Å². The molecule has 0 bridgehead atoms. The summed E-state index contributed by atoms with van der Waals surface area (Å²) in [6.07, 6.45) is 1.12. The molecule has 3 rings (SSSR count). The zero-order chi connectivity index (χ0) is 16.9. The van der Waals surface area contributed by atoms with Crippen LogP contribution in [0.4, 0.5) is 0 Å². The molecular weight excluding hydrogens is 296 g/mol. The van der Waals surface area contributed by atoms with E-state index in [4.69, 9.17) is 0 Å². The smallest absolute Gasteiger partial charge is 0.237 e. The van der Waals surface area contributed by atoms with Crippen molar-refractivity contribution < 1.29 is 4.79 Å². The van der Waals surface area contributed by atoms with Crippen LogP contribution in [0, 0.1) is 0 Å². The van der Waals surface area contributed by atoms with Crippen molar-refractivity contribution in [3.05, 3.63) is 71.8 Å². The van der Waals surface area contributed by atoms with Crippen LogP contribution >= 0.6 is 0 Å². The first-order valence-electron chi connectivity index (χ1n) is 8.79. The van der Waals surface area contributed by atoms with E-state index in [1.54, 1.807) is 0 Å². The highest BCUT2D eigenvalue weighted by Gasteiger charge is 2.30. The second-order valence-corrected chi connectivity index (χ2v) is 6.71. The molecule has 3 atom stereocenters. The summed E-state index contributed by atoms with van der Waals surface area (Å²) in [4.78, 5) is 14.9. The van der Waals surface area contributed by atoms with Gasteiger partial charge in [0, 0.05) is 6.54 Å². The molecular formula is C21H26N2O. The van der Waals surface area contributed by atoms with E-state index in [0.717, 1.165) is 25.1 Å². The summed E-state index contributed by atoms with van der Waals surface area (Å²) in [6, 6.07) is 20.7. The summed E-state index contributed by atoms with van der Waals surface area (Å²) in [7, 11) is 0. The molecule has 0 saturated carbocycles. The zero-order valence-electron chi connectivity index (χ0n) is 14.5. The fourth-order valence-electron chi connectivity index (χ4n) is 3.46. The van der Waals surface area contributed by atoms with Crippen molar-refractivity contribution in [2.45, 2.75) is 38.3 Å². The topological polar surface area (TPSA) is 32.3 Å². The molecule has 24 heavy (non-hydrogen) atoms. The molecule has 1 N–H and O–H groups in total. The van der Waals surface area contributed by atoms with Crippen LogP contribution in [0.5, 0.6) is 0 Å². The lowest BCUT2D eigenvalue weighted by Crippen LogP contribution is -2.44. The molecule has 3 heteroatoms. The number of nitrogens with one attached hydrogen (secondary N) is 1. The SMILES string of the molecule is CC(NC(=O)C(C)N1CCC(c2ccccc2)C1)c1ccccc1. The van der Waals surface area contributed by atoms with Crippen molar-refractivity contribution in [1.82, 2.24) is 10.2 Å². The van der Waals surface area contributed by atoms with Crippen LogP contribution in [0.15, 0.2) is 60.7 Å². The molecule has 3 nitrogen and oxygen atoms in total. The van der Waals surface area contributed by atoms with Crippen molar-refractivity contribution >= 4 is 5.91 Å². The van der Waals surface area contributed by atoms with E-state index in [1.165, 1.54) is 5.56 Å². The number of amides is 1. The minimum Gasteiger partial charge on any atom is -0.348 e. The Hall–Kier alpha value is -2.13. The standard InChI is InChI=1S/C21H26N2O/c1-16(18-9-5-3-6-10-18)22-21(24)17(2)23-14-13-20(15-23)19-11-7-4-8-12-19/h3-12,16-17,20H,13-15H2,1-2H3,(H,22,24). The lowest BCUT2D eigenvalue weighted by molar-refractivity contribution is -0.126. The highest BCUT2D eigenvalue weighted by atomic mass is 16.2. The Balaban J connectivity index is 1.56. The van der Waals surface area contributed by atoms with Gasteiger partial charge in [0.15, 0.2) is 0 Å². The zero-order valence-corrected chi connectivity index (χ0v) is 14.5. The van der Waals surface area contributed by atoms with E-state index >= 15 is 0 Å². The van der Waals surface area contributed by atoms with E-state index in [-0.39, 0.29) is 18.0 Å². The fourth-order valence-corrected chi connectivity index (χ4v) is 3.46. The first-order valence-corrected chi connectivity index (χ1v) is 8.79. The molecule has 1 aliphatic heterocycles. The lowest BCUT2D eigenvalue weighted by atomic mass is 9.99. The third-order valence-corrected chi connectivity index (χ3v) is 5.08. The van der Waals surface area contributed by atoms with Crippen molar-refractivity contribution in [3.8, 4) is 0 Å². The summed E-state index contributed by atoms with van der Waals surface area (Å²) in [6.45, 7) is 5.99. The van der Waals surface area contributed by atoms with Crippen LogP contribution < -0.4 is 5.32 Å². The number of likely N-dealkylation sites (tertiary alicyclic amines) is 1. The minimum atomic E-state index is -0.0927. The molecule has 126 valence electrons. The Morgan fingerprint density at radius 1 is 1.04 bits per heavy atom. The van der Waals surface area contributed by atoms with Gasteiger partial charge in [-0.1, -0.05) is 60.7 Å². The molecule has 2 aromatic rings. The molecule has 1 fully saturated rings. The Kier molecular flexibility index (Phi) is 5.31. The van der Waals surface area contributed by atoms with Gasteiger partial charge >= 0.3 is 0 Å². The first kappa shape index (κ1) is 16.7. The van der Waals surface area contributed by atoms with Crippen molar-refractivity contribution in [3.63, 3.8) is 0 Å². The predicted molar refractivity (Wildman–Crippen MR) is 97.8 cm³/mol. The number of benzene rings is 2. The summed E-state index contributed by atoms with van der Waals surface area (Å²) in [5, 5.41) is 3.15. The molecule has 0 spiro atoms. The number of carbonyl (C=O) groups is 1. The molecule has 0 radical (unpaired) electrons. The lowest BCUT2D eigenvalue weighted by Gasteiger charge is -2.25. The van der Waals surface area contributed by atoms with Crippen LogP contribution in [0.1, 0.15) is 43.4 Å². The predicted octanol–water partition coefficient (Wildman–Crippen LogP) is 3.74. The molecule has 1 amide bonds. The summed E-state index contributed by atoms with van der Waals surface area (Å²) in [5.74, 6) is 0.646. The van der Waals surface area contributed by atoms with Gasteiger partial charge in [0.1, 0.15) is 0 Å². The Bertz CT molecular complexity index is 656. The van der Waals surface area contributed by atoms with Gasteiger partial charge in [0.2, 0.25) is 5.91 Å². The largest absolute Gasteiger partial charge is 0.348 e. The molecule has 3 unspecified atom stereocenters. The molecule has 0 aromatic heterocycles. The normalized spacial score (nSPS) is 20.5.